The van der Waals surface area contributed by atoms with E-state index in [2.05, 4.69) is 14.9 Å². The summed E-state index contributed by atoms with van der Waals surface area (Å²) in [5.74, 6) is -0.687. The highest BCUT2D eigenvalue weighted by atomic mass is 16.5. The molecule has 0 atom stereocenters. The van der Waals surface area contributed by atoms with Crippen LogP contribution in [0.15, 0.2) is 29.1 Å². The number of hydrogen-bond acceptors (Lipinski definition) is 5. The van der Waals surface area contributed by atoms with E-state index >= 15 is 0 Å². The molecule has 1 aromatic heterocycles. The first kappa shape index (κ1) is 12.8. The smallest absolute Gasteiger partial charge is 0.342 e. The fourth-order valence-corrected chi connectivity index (χ4v) is 1.77. The van der Waals surface area contributed by atoms with Gasteiger partial charge in [-0.2, -0.15) is 5.10 Å². The number of benzene rings is 1. The SMILES string of the molecule is COC(=O)c1c(-c2cccc(C)c2)n[nH]c(=O)c1N. The van der Waals surface area contributed by atoms with Gasteiger partial charge in [0.05, 0.1) is 7.11 Å². The summed E-state index contributed by atoms with van der Waals surface area (Å²) in [7, 11) is 1.23. The molecule has 0 spiro atoms. The highest BCUT2D eigenvalue weighted by molar-refractivity contribution is 6.00. The lowest BCUT2D eigenvalue weighted by Crippen LogP contribution is -2.21. The highest BCUT2D eigenvalue weighted by Crippen LogP contribution is 2.24. The molecule has 2 aromatic rings. The number of nitrogens with two attached hydrogens (primary N) is 1. The van der Waals surface area contributed by atoms with Gasteiger partial charge in [0, 0.05) is 5.56 Å². The molecule has 1 aromatic carbocycles. The minimum atomic E-state index is -0.687. The standard InChI is InChI=1S/C13H13N3O3/c1-7-4-3-5-8(6-7)11-9(13(18)19-2)10(14)12(17)16-15-11/h3-6H,1-2H3,(H2,14,15)(H,16,17). The van der Waals surface area contributed by atoms with E-state index in [0.717, 1.165) is 5.56 Å². The van der Waals surface area contributed by atoms with Crippen LogP contribution in [-0.2, 0) is 4.74 Å². The van der Waals surface area contributed by atoms with Crippen molar-refractivity contribution in [2.45, 2.75) is 6.92 Å². The molecule has 0 unspecified atom stereocenters. The first-order chi connectivity index (χ1) is 9.04. The van der Waals surface area contributed by atoms with Gasteiger partial charge in [-0.3, -0.25) is 4.79 Å². The Labute approximate surface area is 109 Å². The van der Waals surface area contributed by atoms with Gasteiger partial charge in [0.2, 0.25) is 0 Å². The zero-order chi connectivity index (χ0) is 14.0. The number of carbonyl (C=O) groups excluding carboxylic acids is 1. The molecule has 0 amide bonds. The van der Waals surface area contributed by atoms with E-state index in [-0.39, 0.29) is 11.3 Å². The van der Waals surface area contributed by atoms with Gasteiger partial charge < -0.3 is 10.5 Å². The van der Waals surface area contributed by atoms with Gasteiger partial charge in [-0.1, -0.05) is 23.8 Å². The van der Waals surface area contributed by atoms with Crippen molar-refractivity contribution in [3.8, 4) is 11.3 Å². The quantitative estimate of drug-likeness (QED) is 0.787. The van der Waals surface area contributed by atoms with Crippen LogP contribution in [0.2, 0.25) is 0 Å². The molecule has 0 aliphatic carbocycles. The summed E-state index contributed by atoms with van der Waals surface area (Å²) in [5, 5.41) is 6.17. The molecule has 0 aliphatic rings. The zero-order valence-electron chi connectivity index (χ0n) is 10.6. The number of hydrogen-bond donors (Lipinski definition) is 2. The van der Waals surface area contributed by atoms with Crippen LogP contribution in [0, 0.1) is 6.92 Å². The van der Waals surface area contributed by atoms with E-state index in [1.54, 1.807) is 6.07 Å². The van der Waals surface area contributed by atoms with Crippen LogP contribution < -0.4 is 11.3 Å². The summed E-state index contributed by atoms with van der Waals surface area (Å²) in [4.78, 5) is 23.2. The second-order valence-electron chi connectivity index (χ2n) is 4.05. The number of rotatable bonds is 2. The van der Waals surface area contributed by atoms with E-state index in [0.29, 0.717) is 11.3 Å². The van der Waals surface area contributed by atoms with Crippen molar-refractivity contribution >= 4 is 11.7 Å². The first-order valence-electron chi connectivity index (χ1n) is 5.58. The molecule has 6 nitrogen and oxygen atoms in total. The molecule has 0 fully saturated rings. The van der Waals surface area contributed by atoms with Crippen molar-refractivity contribution in [2.24, 2.45) is 0 Å². The van der Waals surface area contributed by atoms with Crippen LogP contribution in [0.3, 0.4) is 0 Å². The molecular weight excluding hydrogens is 246 g/mol. The maximum Gasteiger partial charge on any atom is 0.342 e. The predicted octanol–water partition coefficient (Wildman–Crippen LogP) is 1.11. The Morgan fingerprint density at radius 1 is 1.42 bits per heavy atom. The van der Waals surface area contributed by atoms with Crippen LogP contribution in [0.1, 0.15) is 15.9 Å². The molecule has 6 heteroatoms. The number of aromatic amines is 1. The molecule has 0 radical (unpaired) electrons. The van der Waals surface area contributed by atoms with Gasteiger partial charge in [-0.05, 0) is 13.0 Å². The van der Waals surface area contributed by atoms with Crippen molar-refractivity contribution in [3.63, 3.8) is 0 Å². The molecular formula is C13H13N3O3. The molecule has 2 rings (SSSR count). The van der Waals surface area contributed by atoms with Gasteiger partial charge in [0.1, 0.15) is 16.9 Å². The van der Waals surface area contributed by atoms with Gasteiger partial charge in [0.25, 0.3) is 5.56 Å². The number of carbonyl (C=O) groups is 1. The number of aryl methyl sites for hydroxylation is 1. The largest absolute Gasteiger partial charge is 0.465 e. The average Bonchev–Trinajstić information content (AvgIpc) is 2.40. The van der Waals surface area contributed by atoms with Gasteiger partial charge in [-0.15, -0.1) is 0 Å². The molecule has 0 saturated carbocycles. The van der Waals surface area contributed by atoms with Gasteiger partial charge >= 0.3 is 5.97 Å². The molecule has 0 saturated heterocycles. The van der Waals surface area contributed by atoms with E-state index in [1.807, 2.05) is 25.1 Å². The Hall–Kier alpha value is -2.63. The fraction of sp³-hybridized carbons (Fsp3) is 0.154. The Kier molecular flexibility index (Phi) is 3.33. The maximum absolute atomic E-state index is 11.8. The van der Waals surface area contributed by atoms with Crippen LogP contribution in [0.4, 0.5) is 5.69 Å². The summed E-state index contributed by atoms with van der Waals surface area (Å²) >= 11 is 0. The van der Waals surface area contributed by atoms with Crippen molar-refractivity contribution in [1.29, 1.82) is 0 Å². The summed E-state index contributed by atoms with van der Waals surface area (Å²) < 4.78 is 4.65. The lowest BCUT2D eigenvalue weighted by Gasteiger charge is -2.09. The van der Waals surface area contributed by atoms with Crippen LogP contribution in [-0.4, -0.2) is 23.3 Å². The predicted molar refractivity (Wildman–Crippen MR) is 70.8 cm³/mol. The molecule has 1 heterocycles. The normalized spacial score (nSPS) is 10.2. The molecule has 19 heavy (non-hydrogen) atoms. The van der Waals surface area contributed by atoms with Crippen LogP contribution in [0.25, 0.3) is 11.3 Å². The third-order valence-electron chi connectivity index (χ3n) is 2.70. The lowest BCUT2D eigenvalue weighted by atomic mass is 10.0. The van der Waals surface area contributed by atoms with Gasteiger partial charge in [0.15, 0.2) is 0 Å². The number of methoxy groups -OCH3 is 1. The summed E-state index contributed by atoms with van der Waals surface area (Å²) in [6.45, 7) is 1.91. The monoisotopic (exact) mass is 259 g/mol. The third kappa shape index (κ3) is 2.33. The average molecular weight is 259 g/mol. The summed E-state index contributed by atoms with van der Waals surface area (Å²) in [6, 6.07) is 7.36. The third-order valence-corrected chi connectivity index (χ3v) is 2.70. The van der Waals surface area contributed by atoms with Crippen molar-refractivity contribution in [3.05, 3.63) is 45.7 Å². The van der Waals surface area contributed by atoms with Crippen LogP contribution >= 0.6 is 0 Å². The van der Waals surface area contributed by atoms with E-state index < -0.39 is 11.5 Å². The maximum atomic E-state index is 11.8. The van der Waals surface area contributed by atoms with Crippen LogP contribution in [0.5, 0.6) is 0 Å². The number of esters is 1. The molecule has 98 valence electrons. The Morgan fingerprint density at radius 3 is 2.79 bits per heavy atom. The van der Waals surface area contributed by atoms with Crippen molar-refractivity contribution in [2.75, 3.05) is 12.8 Å². The Bertz CT molecular complexity index is 692. The second-order valence-corrected chi connectivity index (χ2v) is 4.05. The Balaban J connectivity index is 2.74. The molecule has 3 N–H and O–H groups in total. The lowest BCUT2D eigenvalue weighted by molar-refractivity contribution is 0.0602. The number of aromatic nitrogens is 2. The first-order valence-corrected chi connectivity index (χ1v) is 5.58. The molecule has 0 bridgehead atoms. The number of nitrogens with one attached hydrogen (secondary N) is 1. The van der Waals surface area contributed by atoms with E-state index in [1.165, 1.54) is 7.11 Å². The minimum Gasteiger partial charge on any atom is -0.465 e. The topological polar surface area (TPSA) is 98.1 Å². The number of ether oxygens (including phenoxy) is 1. The fourth-order valence-electron chi connectivity index (χ4n) is 1.77. The number of nitrogens with zero attached hydrogens (tertiary/aromatic N) is 1. The van der Waals surface area contributed by atoms with E-state index in [9.17, 15) is 9.59 Å². The summed E-state index contributed by atoms with van der Waals surface area (Å²) in [6.07, 6.45) is 0. The Morgan fingerprint density at radius 2 is 2.16 bits per heavy atom. The van der Waals surface area contributed by atoms with E-state index in [4.69, 9.17) is 5.73 Å². The minimum absolute atomic E-state index is 0.0168. The highest BCUT2D eigenvalue weighted by Gasteiger charge is 2.21. The molecule has 0 aliphatic heterocycles. The number of H-pyrrole nitrogens is 1. The summed E-state index contributed by atoms with van der Waals surface area (Å²) in [5.41, 5.74) is 6.81. The number of nitrogen functional groups attached to an aromatic ring is 1. The zero-order valence-corrected chi connectivity index (χ0v) is 10.6. The number of anilines is 1. The van der Waals surface area contributed by atoms with Gasteiger partial charge in [-0.25, -0.2) is 9.89 Å². The second kappa shape index (κ2) is 4.93. The van der Waals surface area contributed by atoms with Crippen molar-refractivity contribution in [1.82, 2.24) is 10.2 Å². The van der Waals surface area contributed by atoms with Crippen molar-refractivity contribution < 1.29 is 9.53 Å².